The van der Waals surface area contributed by atoms with Gasteiger partial charge in [0.05, 0.1) is 12.3 Å². The maximum Gasteiger partial charge on any atom is 0.294 e. The Balaban J connectivity index is 2.04. The van der Waals surface area contributed by atoms with E-state index in [9.17, 15) is 9.90 Å². The highest BCUT2D eigenvalue weighted by molar-refractivity contribution is 6.10. The number of carbonyl (C=O) groups excluding carboxylic acids is 1. The number of aliphatic hydroxyl groups is 1. The van der Waals surface area contributed by atoms with E-state index in [4.69, 9.17) is 10.5 Å². The number of aliphatic hydroxyl groups excluding tert-OH is 1. The normalized spacial score (nSPS) is 15.6. The molecule has 1 amide bonds. The van der Waals surface area contributed by atoms with E-state index in [1.807, 2.05) is 0 Å². The number of amides is 1. The molecule has 1 aromatic heterocycles. The van der Waals surface area contributed by atoms with Gasteiger partial charge in [0, 0.05) is 24.6 Å². The van der Waals surface area contributed by atoms with Crippen LogP contribution in [-0.2, 0) is 4.79 Å². The van der Waals surface area contributed by atoms with Crippen LogP contribution in [0.3, 0.4) is 0 Å². The van der Waals surface area contributed by atoms with Crippen LogP contribution in [0.25, 0.3) is 6.08 Å². The summed E-state index contributed by atoms with van der Waals surface area (Å²) < 4.78 is 5.69. The molecule has 2 aromatic rings. The van der Waals surface area contributed by atoms with Gasteiger partial charge in [-0.3, -0.25) is 14.7 Å². The second-order valence-electron chi connectivity index (χ2n) is 4.80. The fourth-order valence-electron chi connectivity index (χ4n) is 2.26. The topological polar surface area (TPSA) is 88.7 Å². The van der Waals surface area contributed by atoms with Crippen molar-refractivity contribution in [3.63, 3.8) is 0 Å². The minimum Gasteiger partial charge on any atom is -0.449 e. The van der Waals surface area contributed by atoms with Crippen LogP contribution in [-0.4, -0.2) is 29.1 Å². The zero-order valence-corrected chi connectivity index (χ0v) is 11.8. The van der Waals surface area contributed by atoms with Gasteiger partial charge in [0.25, 0.3) is 5.91 Å². The van der Waals surface area contributed by atoms with Crippen LogP contribution in [0.4, 0.5) is 11.4 Å². The highest BCUT2D eigenvalue weighted by atomic mass is 16.5. The lowest BCUT2D eigenvalue weighted by Crippen LogP contribution is -2.39. The predicted octanol–water partition coefficient (Wildman–Crippen LogP) is 1.42. The SMILES string of the molecule is Nc1ccc2c(c1)N(CCO)C(=O)/C(=C\c1ccncc1)O2. The molecule has 0 bridgehead atoms. The average molecular weight is 297 g/mol. The van der Waals surface area contributed by atoms with Gasteiger partial charge in [-0.25, -0.2) is 0 Å². The van der Waals surface area contributed by atoms with Gasteiger partial charge in [0.2, 0.25) is 0 Å². The number of pyridine rings is 1. The van der Waals surface area contributed by atoms with Crippen LogP contribution >= 0.6 is 0 Å². The molecule has 3 N–H and O–H groups in total. The van der Waals surface area contributed by atoms with E-state index in [2.05, 4.69) is 4.98 Å². The number of hydrogen-bond donors (Lipinski definition) is 2. The summed E-state index contributed by atoms with van der Waals surface area (Å²) in [6, 6.07) is 8.63. The Hall–Kier alpha value is -2.86. The van der Waals surface area contributed by atoms with E-state index in [-0.39, 0.29) is 24.8 Å². The first-order valence-electron chi connectivity index (χ1n) is 6.81. The summed E-state index contributed by atoms with van der Waals surface area (Å²) in [5.74, 6) is 0.406. The molecule has 0 saturated heterocycles. The van der Waals surface area contributed by atoms with E-state index in [0.29, 0.717) is 17.1 Å². The number of β-amino-alcohol motifs (C(OH)–C–C–N with tert-alkyl or cyclic N) is 1. The molecule has 6 heteroatoms. The molecule has 0 spiro atoms. The van der Waals surface area contributed by atoms with E-state index in [1.165, 1.54) is 4.90 Å². The lowest BCUT2D eigenvalue weighted by Gasteiger charge is -2.30. The molecule has 0 radical (unpaired) electrons. The van der Waals surface area contributed by atoms with Crippen LogP contribution < -0.4 is 15.4 Å². The summed E-state index contributed by atoms with van der Waals surface area (Å²) in [7, 11) is 0. The monoisotopic (exact) mass is 297 g/mol. The van der Waals surface area contributed by atoms with Crippen molar-refractivity contribution in [2.75, 3.05) is 23.8 Å². The third-order valence-electron chi connectivity index (χ3n) is 3.28. The largest absolute Gasteiger partial charge is 0.449 e. The zero-order valence-electron chi connectivity index (χ0n) is 11.8. The lowest BCUT2D eigenvalue weighted by molar-refractivity contribution is -0.117. The van der Waals surface area contributed by atoms with Crippen molar-refractivity contribution in [2.24, 2.45) is 0 Å². The Morgan fingerprint density at radius 2 is 2.05 bits per heavy atom. The Bertz CT molecular complexity index is 729. The summed E-state index contributed by atoms with van der Waals surface area (Å²) in [6.45, 7) is 0.0227. The maximum absolute atomic E-state index is 12.6. The summed E-state index contributed by atoms with van der Waals surface area (Å²) in [5, 5.41) is 9.21. The Morgan fingerprint density at radius 1 is 1.27 bits per heavy atom. The number of nitrogens with two attached hydrogens (primary N) is 1. The molecule has 1 aromatic carbocycles. The van der Waals surface area contributed by atoms with Crippen LogP contribution in [0.5, 0.6) is 5.75 Å². The second kappa shape index (κ2) is 5.87. The molecule has 0 atom stereocenters. The fraction of sp³-hybridized carbons (Fsp3) is 0.125. The number of hydrogen-bond acceptors (Lipinski definition) is 5. The highest BCUT2D eigenvalue weighted by Gasteiger charge is 2.30. The van der Waals surface area contributed by atoms with Gasteiger partial charge >= 0.3 is 0 Å². The Kier molecular flexibility index (Phi) is 3.76. The second-order valence-corrected chi connectivity index (χ2v) is 4.80. The first-order chi connectivity index (χ1) is 10.7. The molecule has 0 saturated carbocycles. The summed E-state index contributed by atoms with van der Waals surface area (Å²) in [5.41, 5.74) is 7.66. The number of benzene rings is 1. The van der Waals surface area contributed by atoms with Crippen molar-refractivity contribution < 1.29 is 14.6 Å². The van der Waals surface area contributed by atoms with Crippen LogP contribution in [0.2, 0.25) is 0 Å². The number of rotatable bonds is 3. The smallest absolute Gasteiger partial charge is 0.294 e. The van der Waals surface area contributed by atoms with Crippen molar-refractivity contribution in [3.05, 3.63) is 54.0 Å². The highest BCUT2D eigenvalue weighted by Crippen LogP contribution is 2.37. The number of nitrogens with zero attached hydrogens (tertiary/aromatic N) is 2. The van der Waals surface area contributed by atoms with Crippen LogP contribution in [0.15, 0.2) is 48.5 Å². The number of aromatic nitrogens is 1. The molecule has 0 fully saturated rings. The maximum atomic E-state index is 12.6. The van der Waals surface area contributed by atoms with Crippen molar-refractivity contribution >= 4 is 23.4 Å². The predicted molar refractivity (Wildman–Crippen MR) is 83.1 cm³/mol. The molecule has 0 aliphatic carbocycles. The third-order valence-corrected chi connectivity index (χ3v) is 3.28. The van der Waals surface area contributed by atoms with E-state index in [1.54, 1.807) is 48.8 Å². The van der Waals surface area contributed by atoms with Crippen LogP contribution in [0, 0.1) is 0 Å². The molecule has 112 valence electrons. The molecule has 22 heavy (non-hydrogen) atoms. The Labute approximate surface area is 127 Å². The Morgan fingerprint density at radius 3 is 2.77 bits per heavy atom. The van der Waals surface area contributed by atoms with E-state index >= 15 is 0 Å². The van der Waals surface area contributed by atoms with Gasteiger partial charge in [-0.2, -0.15) is 0 Å². The van der Waals surface area contributed by atoms with Crippen molar-refractivity contribution in [3.8, 4) is 5.75 Å². The number of ether oxygens (including phenoxy) is 1. The zero-order chi connectivity index (χ0) is 15.5. The summed E-state index contributed by atoms with van der Waals surface area (Å²) >= 11 is 0. The number of anilines is 2. The van der Waals surface area contributed by atoms with Gasteiger partial charge in [-0.1, -0.05) is 0 Å². The van der Waals surface area contributed by atoms with Crippen LogP contribution in [0.1, 0.15) is 5.56 Å². The summed E-state index contributed by atoms with van der Waals surface area (Å²) in [6.07, 6.45) is 4.92. The van der Waals surface area contributed by atoms with Crippen molar-refractivity contribution in [1.29, 1.82) is 0 Å². The standard InChI is InChI=1S/C16H15N3O3/c17-12-1-2-14-13(10-12)19(7-8-20)16(21)15(22-14)9-11-3-5-18-6-4-11/h1-6,9-10,20H,7-8,17H2/b15-9+. The molecule has 1 aliphatic heterocycles. The van der Waals surface area contributed by atoms with E-state index < -0.39 is 0 Å². The number of carbonyl (C=O) groups is 1. The van der Waals surface area contributed by atoms with Gasteiger partial charge in [-0.05, 0) is 42.0 Å². The van der Waals surface area contributed by atoms with Gasteiger partial charge in [0.15, 0.2) is 11.5 Å². The fourth-order valence-corrected chi connectivity index (χ4v) is 2.26. The van der Waals surface area contributed by atoms with Gasteiger partial charge in [-0.15, -0.1) is 0 Å². The molecule has 1 aliphatic rings. The van der Waals surface area contributed by atoms with Gasteiger partial charge < -0.3 is 15.6 Å². The number of fused-ring (bicyclic) bond motifs is 1. The number of nitrogen functional groups attached to an aromatic ring is 1. The molecular weight excluding hydrogens is 282 g/mol. The quantitative estimate of drug-likeness (QED) is 0.661. The van der Waals surface area contributed by atoms with Crippen molar-refractivity contribution in [2.45, 2.75) is 0 Å². The first-order valence-corrected chi connectivity index (χ1v) is 6.81. The van der Waals surface area contributed by atoms with Gasteiger partial charge in [0.1, 0.15) is 0 Å². The minimum atomic E-state index is -0.316. The molecule has 6 nitrogen and oxygen atoms in total. The lowest BCUT2D eigenvalue weighted by atomic mass is 10.1. The molecule has 2 heterocycles. The van der Waals surface area contributed by atoms with E-state index in [0.717, 1.165) is 5.56 Å². The summed E-state index contributed by atoms with van der Waals surface area (Å²) in [4.78, 5) is 18.0. The average Bonchev–Trinajstić information content (AvgIpc) is 2.53. The van der Waals surface area contributed by atoms with Crippen molar-refractivity contribution in [1.82, 2.24) is 4.98 Å². The first kappa shape index (κ1) is 14.1. The molecule has 3 rings (SSSR count). The molecular formula is C16H15N3O3. The molecule has 0 unspecified atom stereocenters. The minimum absolute atomic E-state index is 0.150. The third kappa shape index (κ3) is 2.64.